The Morgan fingerprint density at radius 2 is 1.93 bits per heavy atom. The number of nitriles is 1. The number of nitrogens with one attached hydrogen (secondary N) is 1. The summed E-state index contributed by atoms with van der Waals surface area (Å²) in [5, 5.41) is 13.2. The topological polar surface area (TPSA) is 62.1 Å². The van der Waals surface area contributed by atoms with Gasteiger partial charge in [0.05, 0.1) is 23.3 Å². The second-order valence-corrected chi connectivity index (χ2v) is 7.93. The highest BCUT2D eigenvalue weighted by atomic mass is 32.2. The van der Waals surface area contributed by atoms with Crippen molar-refractivity contribution in [1.29, 1.82) is 5.26 Å². The Kier molecular flexibility index (Phi) is 6.86. The predicted octanol–water partition coefficient (Wildman–Crippen LogP) is 4.56. The molecule has 2 aromatic rings. The van der Waals surface area contributed by atoms with Crippen molar-refractivity contribution in [2.45, 2.75) is 17.2 Å². The average molecular weight is 397 g/mol. The van der Waals surface area contributed by atoms with Gasteiger partial charge in [0, 0.05) is 23.0 Å². The summed E-state index contributed by atoms with van der Waals surface area (Å²) in [6.07, 6.45) is 2.32. The summed E-state index contributed by atoms with van der Waals surface area (Å²) in [5.41, 5.74) is 1.62. The summed E-state index contributed by atoms with van der Waals surface area (Å²) < 4.78 is 5.69. The maximum atomic E-state index is 12.2. The molecule has 138 valence electrons. The van der Waals surface area contributed by atoms with Gasteiger partial charge < -0.3 is 10.1 Å². The van der Waals surface area contributed by atoms with Crippen molar-refractivity contribution >= 4 is 29.4 Å². The van der Waals surface area contributed by atoms with Crippen LogP contribution in [0.1, 0.15) is 17.9 Å². The zero-order valence-corrected chi connectivity index (χ0v) is 16.6. The standard InChI is InChI=1S/C21H20N2O2S2/c1-26-17-9-7-15(8-10-17)18-13-20(24)23-21(19(18)14-22)27-12-11-25-16-5-3-2-4-6-16/h2-10,18H,11-13H2,1H3,(H,23,24)/t18-/m0/s1. The van der Waals surface area contributed by atoms with Gasteiger partial charge in [0.2, 0.25) is 5.91 Å². The monoisotopic (exact) mass is 396 g/mol. The third-order valence-electron chi connectivity index (χ3n) is 4.22. The fourth-order valence-corrected chi connectivity index (χ4v) is 4.18. The van der Waals surface area contributed by atoms with Gasteiger partial charge in [-0.05, 0) is 36.1 Å². The van der Waals surface area contributed by atoms with Crippen molar-refractivity contribution in [2.75, 3.05) is 18.6 Å². The molecule has 3 rings (SSSR count). The minimum atomic E-state index is -0.197. The molecule has 1 amide bonds. The van der Waals surface area contributed by atoms with E-state index in [4.69, 9.17) is 4.74 Å². The van der Waals surface area contributed by atoms with E-state index in [9.17, 15) is 10.1 Å². The summed E-state index contributed by atoms with van der Waals surface area (Å²) in [4.78, 5) is 13.4. The van der Waals surface area contributed by atoms with Crippen LogP contribution in [-0.4, -0.2) is 24.5 Å². The number of amides is 1. The van der Waals surface area contributed by atoms with E-state index in [1.165, 1.54) is 11.8 Å². The predicted molar refractivity (Wildman–Crippen MR) is 111 cm³/mol. The first-order valence-corrected chi connectivity index (χ1v) is 10.8. The number of rotatable bonds is 7. The molecule has 0 aromatic heterocycles. The van der Waals surface area contributed by atoms with E-state index in [-0.39, 0.29) is 11.8 Å². The molecule has 1 aliphatic rings. The number of carbonyl (C=O) groups excluding carboxylic acids is 1. The van der Waals surface area contributed by atoms with Crippen LogP contribution in [0.15, 0.2) is 70.1 Å². The van der Waals surface area contributed by atoms with Crippen LogP contribution in [0.25, 0.3) is 0 Å². The van der Waals surface area contributed by atoms with Crippen LogP contribution in [0.4, 0.5) is 0 Å². The smallest absolute Gasteiger partial charge is 0.225 e. The SMILES string of the molecule is CSc1ccc([C@@H]2CC(=O)NC(SCCOc3ccccc3)=C2C#N)cc1. The molecule has 1 heterocycles. The van der Waals surface area contributed by atoms with Gasteiger partial charge in [-0.15, -0.1) is 23.5 Å². The van der Waals surface area contributed by atoms with Gasteiger partial charge in [-0.25, -0.2) is 0 Å². The number of hydrogen-bond donors (Lipinski definition) is 1. The van der Waals surface area contributed by atoms with E-state index in [1.54, 1.807) is 11.8 Å². The summed E-state index contributed by atoms with van der Waals surface area (Å²) in [6.45, 7) is 0.500. The molecule has 0 radical (unpaired) electrons. The largest absolute Gasteiger partial charge is 0.493 e. The lowest BCUT2D eigenvalue weighted by Crippen LogP contribution is -2.31. The normalized spacial score (nSPS) is 16.6. The average Bonchev–Trinajstić information content (AvgIpc) is 2.71. The van der Waals surface area contributed by atoms with E-state index in [1.807, 2.05) is 60.9 Å². The Labute approximate surface area is 168 Å². The van der Waals surface area contributed by atoms with Crippen LogP contribution in [-0.2, 0) is 4.79 Å². The molecule has 2 aromatic carbocycles. The molecular weight excluding hydrogens is 376 g/mol. The summed E-state index contributed by atoms with van der Waals surface area (Å²) in [7, 11) is 0. The first-order chi connectivity index (χ1) is 13.2. The lowest BCUT2D eigenvalue weighted by molar-refractivity contribution is -0.120. The molecule has 1 atom stereocenters. The highest BCUT2D eigenvalue weighted by molar-refractivity contribution is 8.03. The van der Waals surface area contributed by atoms with Crippen LogP contribution >= 0.6 is 23.5 Å². The molecule has 0 saturated carbocycles. The fourth-order valence-electron chi connectivity index (χ4n) is 2.87. The maximum absolute atomic E-state index is 12.2. The van der Waals surface area contributed by atoms with Gasteiger partial charge in [-0.1, -0.05) is 30.3 Å². The van der Waals surface area contributed by atoms with Crippen LogP contribution in [0.3, 0.4) is 0 Å². The van der Waals surface area contributed by atoms with Gasteiger partial charge in [-0.2, -0.15) is 5.26 Å². The molecule has 1 N–H and O–H groups in total. The molecule has 0 spiro atoms. The molecule has 0 saturated heterocycles. The van der Waals surface area contributed by atoms with Crippen molar-refractivity contribution in [1.82, 2.24) is 5.32 Å². The first-order valence-electron chi connectivity index (χ1n) is 8.60. The molecule has 0 aliphatic carbocycles. The molecule has 27 heavy (non-hydrogen) atoms. The van der Waals surface area contributed by atoms with Gasteiger partial charge in [-0.3, -0.25) is 4.79 Å². The summed E-state index contributed by atoms with van der Waals surface area (Å²) >= 11 is 3.12. The Hall–Kier alpha value is -2.36. The van der Waals surface area contributed by atoms with Gasteiger partial charge >= 0.3 is 0 Å². The number of benzene rings is 2. The van der Waals surface area contributed by atoms with Crippen LogP contribution < -0.4 is 10.1 Å². The highest BCUT2D eigenvalue weighted by Crippen LogP contribution is 2.36. The number of carbonyl (C=O) groups is 1. The van der Waals surface area contributed by atoms with Crippen molar-refractivity contribution < 1.29 is 9.53 Å². The second kappa shape index (κ2) is 9.54. The van der Waals surface area contributed by atoms with Crippen molar-refractivity contribution in [3.8, 4) is 11.8 Å². The Morgan fingerprint density at radius 1 is 1.19 bits per heavy atom. The molecule has 0 unspecified atom stereocenters. The quantitative estimate of drug-likeness (QED) is 0.549. The van der Waals surface area contributed by atoms with Crippen molar-refractivity contribution in [2.24, 2.45) is 0 Å². The number of ether oxygens (including phenoxy) is 1. The number of allylic oxidation sites excluding steroid dienone is 1. The van der Waals surface area contributed by atoms with Gasteiger partial charge in [0.25, 0.3) is 0 Å². The van der Waals surface area contributed by atoms with E-state index in [0.717, 1.165) is 16.2 Å². The van der Waals surface area contributed by atoms with E-state index in [0.29, 0.717) is 29.4 Å². The Bertz CT molecular complexity index is 858. The molecule has 0 fully saturated rings. The molecule has 0 bridgehead atoms. The molecular formula is C21H20N2O2S2. The third kappa shape index (κ3) is 5.09. The first kappa shape index (κ1) is 19.4. The van der Waals surface area contributed by atoms with E-state index >= 15 is 0 Å². The van der Waals surface area contributed by atoms with Gasteiger partial charge in [0.15, 0.2) is 0 Å². The Balaban J connectivity index is 1.70. The zero-order chi connectivity index (χ0) is 19.1. The molecule has 1 aliphatic heterocycles. The fraction of sp³-hybridized carbons (Fsp3) is 0.238. The Morgan fingerprint density at radius 3 is 2.59 bits per heavy atom. The minimum absolute atomic E-state index is 0.0561. The molecule has 4 nitrogen and oxygen atoms in total. The van der Waals surface area contributed by atoms with Gasteiger partial charge in [0.1, 0.15) is 5.75 Å². The number of para-hydroxylation sites is 1. The minimum Gasteiger partial charge on any atom is -0.493 e. The number of thioether (sulfide) groups is 2. The van der Waals surface area contributed by atoms with Crippen molar-refractivity contribution in [3.63, 3.8) is 0 Å². The van der Waals surface area contributed by atoms with Crippen molar-refractivity contribution in [3.05, 3.63) is 70.8 Å². The second-order valence-electron chi connectivity index (χ2n) is 5.94. The number of nitrogens with zero attached hydrogens (tertiary/aromatic N) is 1. The van der Waals surface area contributed by atoms with Crippen LogP contribution in [0.5, 0.6) is 5.75 Å². The lowest BCUT2D eigenvalue weighted by Gasteiger charge is -2.25. The van der Waals surface area contributed by atoms with Crippen LogP contribution in [0.2, 0.25) is 0 Å². The number of hydrogen-bond acceptors (Lipinski definition) is 5. The summed E-state index contributed by atoms with van der Waals surface area (Å²) in [6, 6.07) is 20.0. The highest BCUT2D eigenvalue weighted by Gasteiger charge is 2.29. The van der Waals surface area contributed by atoms with Crippen LogP contribution in [0, 0.1) is 11.3 Å². The molecule has 6 heteroatoms. The lowest BCUT2D eigenvalue weighted by atomic mass is 9.87. The third-order valence-corrected chi connectivity index (χ3v) is 5.94. The van der Waals surface area contributed by atoms with E-state index < -0.39 is 0 Å². The van der Waals surface area contributed by atoms with E-state index in [2.05, 4.69) is 11.4 Å². The summed E-state index contributed by atoms with van der Waals surface area (Å²) in [5.74, 6) is 1.21. The zero-order valence-electron chi connectivity index (χ0n) is 15.0. The maximum Gasteiger partial charge on any atom is 0.225 e.